The predicted octanol–water partition coefficient (Wildman–Crippen LogP) is 7.86. The first kappa shape index (κ1) is 20.4. The predicted molar refractivity (Wildman–Crippen MR) is 136 cm³/mol. The molecule has 0 spiro atoms. The molecule has 6 rings (SSSR count). The van der Waals surface area contributed by atoms with Gasteiger partial charge in [-0.3, -0.25) is 0 Å². The van der Waals surface area contributed by atoms with Gasteiger partial charge in [-0.05, 0) is 47.4 Å². The number of rotatable bonds is 3. The van der Waals surface area contributed by atoms with Gasteiger partial charge in [0.15, 0.2) is 6.20 Å². The first-order valence-electron chi connectivity index (χ1n) is 11.4. The zero-order valence-electron chi connectivity index (χ0n) is 19.0. The monoisotopic (exact) mass is 444 g/mol. The first-order valence-corrected chi connectivity index (χ1v) is 11.4. The fourth-order valence-electron chi connectivity index (χ4n) is 4.81. The number of aromatic nitrogens is 1. The quantitative estimate of drug-likeness (QED) is 0.254. The highest BCUT2D eigenvalue weighted by atomic mass is 19.1. The maximum absolute atomic E-state index is 15.3. The van der Waals surface area contributed by atoms with Gasteiger partial charge < -0.3 is 4.42 Å². The normalized spacial score (nSPS) is 11.4. The van der Waals surface area contributed by atoms with E-state index < -0.39 is 0 Å². The highest BCUT2D eigenvalue weighted by Crippen LogP contribution is 2.41. The molecule has 6 aromatic rings. The minimum Gasteiger partial charge on any atom is -0.454 e. The highest BCUT2D eigenvalue weighted by Gasteiger charge is 2.22. The van der Waals surface area contributed by atoms with E-state index in [1.165, 1.54) is 0 Å². The Morgan fingerprint density at radius 2 is 1.24 bits per heavy atom. The van der Waals surface area contributed by atoms with Crippen molar-refractivity contribution in [1.29, 1.82) is 0 Å². The third kappa shape index (κ3) is 3.20. The van der Waals surface area contributed by atoms with Crippen LogP contribution in [0, 0.1) is 12.7 Å². The maximum atomic E-state index is 15.3. The number of hydrogen-bond donors (Lipinski definition) is 0. The summed E-state index contributed by atoms with van der Waals surface area (Å²) in [7, 11) is 2.02. The van der Waals surface area contributed by atoms with Gasteiger partial charge in [0.1, 0.15) is 24.0 Å². The van der Waals surface area contributed by atoms with Crippen LogP contribution in [0.5, 0.6) is 0 Å². The van der Waals surface area contributed by atoms with Crippen molar-refractivity contribution in [2.75, 3.05) is 0 Å². The van der Waals surface area contributed by atoms with E-state index in [-0.39, 0.29) is 5.82 Å². The fourth-order valence-corrected chi connectivity index (χ4v) is 4.81. The Balaban J connectivity index is 1.59. The molecule has 0 unspecified atom stereocenters. The van der Waals surface area contributed by atoms with Crippen LogP contribution in [0.4, 0.5) is 4.39 Å². The molecular formula is C31H23FNO+. The maximum Gasteiger partial charge on any atom is 0.216 e. The Hall–Kier alpha value is -4.24. The van der Waals surface area contributed by atoms with Crippen LogP contribution in [-0.4, -0.2) is 0 Å². The Kier molecular flexibility index (Phi) is 4.77. The summed E-state index contributed by atoms with van der Waals surface area (Å²) in [6, 6.07) is 31.8. The molecule has 0 fully saturated rings. The van der Waals surface area contributed by atoms with Crippen LogP contribution in [0.1, 0.15) is 5.56 Å². The average Bonchev–Trinajstić information content (AvgIpc) is 3.24. The Morgan fingerprint density at radius 3 is 1.97 bits per heavy atom. The molecule has 0 saturated carbocycles. The van der Waals surface area contributed by atoms with Crippen LogP contribution in [0.15, 0.2) is 108 Å². The lowest BCUT2D eigenvalue weighted by molar-refractivity contribution is -0.660. The highest BCUT2D eigenvalue weighted by molar-refractivity contribution is 6.13. The fraction of sp³-hybridized carbons (Fsp3) is 0.0645. The second kappa shape index (κ2) is 7.96. The third-order valence-corrected chi connectivity index (χ3v) is 6.56. The van der Waals surface area contributed by atoms with E-state index in [4.69, 9.17) is 4.42 Å². The van der Waals surface area contributed by atoms with Crippen LogP contribution in [0.3, 0.4) is 0 Å². The van der Waals surface area contributed by atoms with Crippen molar-refractivity contribution < 1.29 is 13.4 Å². The molecule has 0 aliphatic carbocycles. The zero-order valence-corrected chi connectivity index (χ0v) is 19.0. The zero-order chi connectivity index (χ0) is 23.2. The van der Waals surface area contributed by atoms with E-state index in [0.29, 0.717) is 11.1 Å². The van der Waals surface area contributed by atoms with Gasteiger partial charge in [0.05, 0.1) is 11.1 Å². The van der Waals surface area contributed by atoms with E-state index in [9.17, 15) is 0 Å². The van der Waals surface area contributed by atoms with Gasteiger partial charge in [-0.25, -0.2) is 8.96 Å². The number of nitrogens with zero attached hydrogens (tertiary/aromatic N) is 1. The molecule has 3 heteroatoms. The van der Waals surface area contributed by atoms with Crippen LogP contribution >= 0.6 is 0 Å². The van der Waals surface area contributed by atoms with E-state index in [1.807, 2.05) is 73.9 Å². The lowest BCUT2D eigenvalue weighted by Gasteiger charge is -2.07. The van der Waals surface area contributed by atoms with Crippen LogP contribution in [0.2, 0.25) is 0 Å². The molecule has 2 nitrogen and oxygen atoms in total. The molecule has 0 radical (unpaired) electrons. The number of benzene rings is 4. The summed E-state index contributed by atoms with van der Waals surface area (Å²) in [6.07, 6.45) is 2.02. The second-order valence-electron chi connectivity index (χ2n) is 8.68. The van der Waals surface area contributed by atoms with Crippen molar-refractivity contribution in [2.24, 2.45) is 7.05 Å². The van der Waals surface area contributed by atoms with E-state index in [1.54, 1.807) is 6.07 Å². The molecule has 0 amide bonds. The molecule has 164 valence electrons. The topological polar surface area (TPSA) is 17.0 Å². The van der Waals surface area contributed by atoms with Crippen molar-refractivity contribution >= 4 is 21.9 Å². The number of fused-ring (bicyclic) bond motifs is 3. The van der Waals surface area contributed by atoms with Gasteiger partial charge in [0.2, 0.25) is 5.69 Å². The number of hydrogen-bond acceptors (Lipinski definition) is 1. The van der Waals surface area contributed by atoms with Crippen LogP contribution < -0.4 is 4.57 Å². The molecule has 4 aromatic carbocycles. The average molecular weight is 445 g/mol. The summed E-state index contributed by atoms with van der Waals surface area (Å²) in [6.45, 7) is 2.08. The molecule has 0 N–H and O–H groups in total. The largest absolute Gasteiger partial charge is 0.454 e. The molecule has 0 atom stereocenters. The van der Waals surface area contributed by atoms with Crippen molar-refractivity contribution in [1.82, 2.24) is 0 Å². The lowest BCUT2D eigenvalue weighted by Crippen LogP contribution is -2.30. The standard InChI is InChI=1S/C31H23FNO/c1-20-11-16-24-25-17-18-26(32)29(23-14-12-22(13-15-23)21-8-4-3-5-9-21)31(25)34-30(24)28(20)27-10-6-7-19-33(27)2/h3-19H,1-2H3/q+1. The minimum atomic E-state index is -0.289. The Morgan fingerprint density at radius 1 is 0.618 bits per heavy atom. The summed E-state index contributed by atoms with van der Waals surface area (Å²) in [5.41, 5.74) is 8.07. The number of halogens is 1. The molecule has 2 heterocycles. The first-order chi connectivity index (χ1) is 16.6. The third-order valence-electron chi connectivity index (χ3n) is 6.56. The number of pyridine rings is 1. The Labute approximate surface area is 197 Å². The summed E-state index contributed by atoms with van der Waals surface area (Å²) < 4.78 is 23.8. The van der Waals surface area contributed by atoms with Crippen molar-refractivity contribution in [3.63, 3.8) is 0 Å². The summed E-state index contributed by atoms with van der Waals surface area (Å²) in [4.78, 5) is 0. The van der Waals surface area contributed by atoms with Gasteiger partial charge in [-0.15, -0.1) is 0 Å². The van der Waals surface area contributed by atoms with Gasteiger partial charge in [-0.2, -0.15) is 0 Å². The molecule has 0 saturated heterocycles. The van der Waals surface area contributed by atoms with Gasteiger partial charge in [0.25, 0.3) is 0 Å². The van der Waals surface area contributed by atoms with Gasteiger partial charge in [0, 0.05) is 22.9 Å². The molecule has 0 aliphatic heterocycles. The second-order valence-corrected chi connectivity index (χ2v) is 8.68. The van der Waals surface area contributed by atoms with E-state index >= 15 is 4.39 Å². The minimum absolute atomic E-state index is 0.289. The summed E-state index contributed by atoms with van der Waals surface area (Å²) >= 11 is 0. The lowest BCUT2D eigenvalue weighted by atomic mass is 9.97. The molecule has 0 aliphatic rings. The molecular weight excluding hydrogens is 421 g/mol. The van der Waals surface area contributed by atoms with Crippen molar-refractivity contribution in [3.8, 4) is 33.5 Å². The molecule has 34 heavy (non-hydrogen) atoms. The molecule has 2 aromatic heterocycles. The SMILES string of the molecule is Cc1ccc2c(oc3c(-c4ccc(-c5ccccc5)cc4)c(F)ccc32)c1-c1cccc[n+]1C. The van der Waals surface area contributed by atoms with Crippen molar-refractivity contribution in [2.45, 2.75) is 6.92 Å². The van der Waals surface area contributed by atoms with Crippen LogP contribution in [0.25, 0.3) is 55.4 Å². The van der Waals surface area contributed by atoms with E-state index in [0.717, 1.165) is 49.9 Å². The number of aryl methyl sites for hydroxylation is 2. The van der Waals surface area contributed by atoms with Crippen LogP contribution in [-0.2, 0) is 7.05 Å². The number of furan rings is 1. The summed E-state index contributed by atoms with van der Waals surface area (Å²) in [5, 5.41) is 1.90. The van der Waals surface area contributed by atoms with Gasteiger partial charge in [-0.1, -0.05) is 66.7 Å². The van der Waals surface area contributed by atoms with E-state index in [2.05, 4.69) is 41.8 Å². The molecule has 0 bridgehead atoms. The smallest absolute Gasteiger partial charge is 0.216 e. The van der Waals surface area contributed by atoms with Gasteiger partial charge >= 0.3 is 0 Å². The van der Waals surface area contributed by atoms with Crippen molar-refractivity contribution in [3.05, 3.63) is 115 Å². The Bertz CT molecular complexity index is 1660. The summed E-state index contributed by atoms with van der Waals surface area (Å²) in [5.74, 6) is -0.289.